The molecule has 0 spiro atoms. The van der Waals surface area contributed by atoms with E-state index in [0.29, 0.717) is 34.2 Å². The van der Waals surface area contributed by atoms with Crippen molar-refractivity contribution < 1.29 is 17.9 Å². The Balaban J connectivity index is 1.57. The molecule has 170 valence electrons. The molecule has 0 saturated heterocycles. The lowest BCUT2D eigenvalue weighted by Gasteiger charge is -2.18. The smallest absolute Gasteiger partial charge is 0.231 e. The van der Waals surface area contributed by atoms with Crippen LogP contribution >= 0.6 is 11.8 Å². The van der Waals surface area contributed by atoms with Gasteiger partial charge in [-0.2, -0.15) is 0 Å². The first-order chi connectivity index (χ1) is 15.3. The predicted octanol–water partition coefficient (Wildman–Crippen LogP) is 1.61. The molecule has 2 aromatic heterocycles. The molecule has 1 fully saturated rings. The van der Waals surface area contributed by atoms with Crippen molar-refractivity contribution in [3.05, 3.63) is 18.5 Å². The first kappa shape index (κ1) is 21.1. The highest BCUT2D eigenvalue weighted by molar-refractivity contribution is 7.99. The molecule has 2 unspecified atom stereocenters. The molecule has 11 nitrogen and oxygen atoms in total. The number of nitrogen functional groups attached to an aromatic ring is 1. The van der Waals surface area contributed by atoms with Gasteiger partial charge in [0.1, 0.15) is 6.33 Å². The normalized spacial score (nSPS) is 19.5. The van der Waals surface area contributed by atoms with Gasteiger partial charge in [-0.3, -0.25) is 4.57 Å². The molecule has 1 saturated carbocycles. The Morgan fingerprint density at radius 3 is 2.75 bits per heavy atom. The van der Waals surface area contributed by atoms with Crippen LogP contribution in [0.3, 0.4) is 0 Å². The molecule has 3 N–H and O–H groups in total. The van der Waals surface area contributed by atoms with E-state index in [1.165, 1.54) is 18.1 Å². The molecule has 32 heavy (non-hydrogen) atoms. The summed E-state index contributed by atoms with van der Waals surface area (Å²) in [7, 11) is 0.575. The van der Waals surface area contributed by atoms with E-state index in [1.807, 2.05) is 35.7 Å². The lowest BCUT2D eigenvalue weighted by atomic mass is 10.2. The molecule has 0 radical (unpaired) electrons. The van der Waals surface area contributed by atoms with Crippen LogP contribution in [0.15, 0.2) is 28.5 Å². The molecule has 3 aromatic rings. The van der Waals surface area contributed by atoms with E-state index in [2.05, 4.69) is 14.7 Å². The van der Waals surface area contributed by atoms with E-state index in [9.17, 15) is 8.42 Å². The summed E-state index contributed by atoms with van der Waals surface area (Å²) in [5, 5.41) is 0.650. The summed E-state index contributed by atoms with van der Waals surface area (Å²) in [6.07, 6.45) is 2.04. The minimum atomic E-state index is -3.32. The van der Waals surface area contributed by atoms with Gasteiger partial charge in [0.2, 0.25) is 16.8 Å². The van der Waals surface area contributed by atoms with Crippen molar-refractivity contribution in [1.29, 1.82) is 0 Å². The molecule has 1 aromatic carbocycles. The molecule has 2 aliphatic rings. The molecule has 2 atom stereocenters. The van der Waals surface area contributed by atoms with E-state index in [-0.39, 0.29) is 30.4 Å². The number of nitrogens with two attached hydrogens (primary N) is 1. The van der Waals surface area contributed by atoms with Crippen LogP contribution in [0.4, 0.5) is 11.5 Å². The molecule has 1 aliphatic carbocycles. The fourth-order valence-electron chi connectivity index (χ4n) is 3.63. The van der Waals surface area contributed by atoms with Gasteiger partial charge >= 0.3 is 0 Å². The Morgan fingerprint density at radius 1 is 1.28 bits per heavy atom. The van der Waals surface area contributed by atoms with E-state index in [4.69, 9.17) is 20.2 Å². The molecule has 0 amide bonds. The third-order valence-electron chi connectivity index (χ3n) is 5.41. The summed E-state index contributed by atoms with van der Waals surface area (Å²) in [5.74, 6) is 1.67. The molecule has 5 rings (SSSR count). The predicted molar refractivity (Wildman–Crippen MR) is 121 cm³/mol. The Labute approximate surface area is 189 Å². The quantitative estimate of drug-likeness (QED) is 0.516. The number of imidazole rings is 1. The van der Waals surface area contributed by atoms with Crippen LogP contribution in [-0.2, 0) is 10.0 Å². The van der Waals surface area contributed by atoms with Crippen LogP contribution in [-0.4, -0.2) is 60.6 Å². The monoisotopic (exact) mass is 477 g/mol. The van der Waals surface area contributed by atoms with Crippen molar-refractivity contribution in [2.45, 2.75) is 35.5 Å². The number of benzene rings is 1. The van der Waals surface area contributed by atoms with Crippen LogP contribution in [0.2, 0.25) is 0 Å². The zero-order valence-corrected chi connectivity index (χ0v) is 19.4. The zero-order chi connectivity index (χ0) is 22.6. The van der Waals surface area contributed by atoms with Gasteiger partial charge in [0.05, 0.1) is 17.5 Å². The third-order valence-corrected chi connectivity index (χ3v) is 7.85. The van der Waals surface area contributed by atoms with Crippen molar-refractivity contribution in [3.63, 3.8) is 0 Å². The number of hydrogen-bond acceptors (Lipinski definition) is 10. The van der Waals surface area contributed by atoms with Gasteiger partial charge in [0.15, 0.2) is 33.6 Å². The highest BCUT2D eigenvalue weighted by Gasteiger charge is 2.44. The van der Waals surface area contributed by atoms with Crippen molar-refractivity contribution in [2.24, 2.45) is 0 Å². The summed E-state index contributed by atoms with van der Waals surface area (Å²) >= 11 is 1.44. The molecule has 13 heteroatoms. The average molecular weight is 478 g/mol. The van der Waals surface area contributed by atoms with Crippen LogP contribution in [0, 0.1) is 0 Å². The van der Waals surface area contributed by atoms with Crippen LogP contribution in [0.1, 0.15) is 19.4 Å². The summed E-state index contributed by atoms with van der Waals surface area (Å²) in [5.41, 5.74) is 8.08. The fourth-order valence-corrected chi connectivity index (χ4v) is 5.67. The number of ether oxygens (including phenoxy) is 2. The van der Waals surface area contributed by atoms with Gasteiger partial charge in [-0.15, -0.1) is 0 Å². The number of sulfonamides is 1. The summed E-state index contributed by atoms with van der Waals surface area (Å²) in [4.78, 5) is 16.1. The Hall–Kier alpha value is -2.77. The van der Waals surface area contributed by atoms with Gasteiger partial charge < -0.3 is 20.1 Å². The topological polar surface area (TPSA) is 137 Å². The maximum absolute atomic E-state index is 12.1. The number of nitrogens with zero attached hydrogens (tertiary/aromatic N) is 5. The van der Waals surface area contributed by atoms with Gasteiger partial charge in [-0.25, -0.2) is 28.1 Å². The number of hydrogen-bond donors (Lipinski definition) is 2. The largest absolute Gasteiger partial charge is 0.454 e. The maximum Gasteiger partial charge on any atom is 0.231 e. The first-order valence-electron chi connectivity index (χ1n) is 10.0. The minimum absolute atomic E-state index is 0.0288. The van der Waals surface area contributed by atoms with Gasteiger partial charge in [0.25, 0.3) is 0 Å². The van der Waals surface area contributed by atoms with Gasteiger partial charge in [-0.05, 0) is 25.1 Å². The van der Waals surface area contributed by atoms with Gasteiger partial charge in [0, 0.05) is 37.2 Å². The van der Waals surface area contributed by atoms with Crippen molar-refractivity contribution in [1.82, 2.24) is 24.2 Å². The highest BCUT2D eigenvalue weighted by atomic mass is 32.2. The van der Waals surface area contributed by atoms with E-state index < -0.39 is 10.0 Å². The Bertz CT molecular complexity index is 1310. The van der Waals surface area contributed by atoms with Crippen LogP contribution in [0.25, 0.3) is 11.2 Å². The van der Waals surface area contributed by atoms with Crippen molar-refractivity contribution >= 4 is 44.5 Å². The van der Waals surface area contributed by atoms with E-state index >= 15 is 0 Å². The minimum Gasteiger partial charge on any atom is -0.454 e. The zero-order valence-electron chi connectivity index (χ0n) is 17.8. The first-order valence-corrected chi connectivity index (χ1v) is 12.5. The summed E-state index contributed by atoms with van der Waals surface area (Å²) < 4.78 is 39.9. The molecule has 0 bridgehead atoms. The summed E-state index contributed by atoms with van der Waals surface area (Å²) in [6, 6.07) is 3.51. The lowest BCUT2D eigenvalue weighted by Crippen LogP contribution is -2.29. The second-order valence-corrected chi connectivity index (χ2v) is 10.8. The SMILES string of the molecule is CCS(=O)(=O)NC1CC1n1c(Sc2cc3c(cc2N(C)C)OCO3)nc2c(N)ncnc21. The number of aromatic nitrogens is 4. The number of fused-ring (bicyclic) bond motifs is 2. The molecule has 3 heterocycles. The van der Waals surface area contributed by atoms with Gasteiger partial charge in [-0.1, -0.05) is 0 Å². The van der Waals surface area contributed by atoms with E-state index in [0.717, 1.165) is 10.6 Å². The molecular weight excluding hydrogens is 454 g/mol. The van der Waals surface area contributed by atoms with Crippen LogP contribution in [0.5, 0.6) is 11.5 Å². The second kappa shape index (κ2) is 7.67. The molecule has 1 aliphatic heterocycles. The highest BCUT2D eigenvalue weighted by Crippen LogP contribution is 2.47. The Morgan fingerprint density at radius 2 is 2.03 bits per heavy atom. The Kier molecular flexibility index (Phi) is 5.06. The van der Waals surface area contributed by atoms with Crippen molar-refractivity contribution in [3.8, 4) is 11.5 Å². The lowest BCUT2D eigenvalue weighted by molar-refractivity contribution is 0.174. The van der Waals surface area contributed by atoms with Crippen LogP contribution < -0.4 is 24.8 Å². The third kappa shape index (κ3) is 3.69. The average Bonchev–Trinajstić information content (AvgIpc) is 3.16. The fraction of sp³-hybridized carbons (Fsp3) is 0.421. The summed E-state index contributed by atoms with van der Waals surface area (Å²) in [6.45, 7) is 1.80. The second-order valence-electron chi connectivity index (χ2n) is 7.80. The number of anilines is 2. The number of rotatable bonds is 7. The van der Waals surface area contributed by atoms with E-state index in [1.54, 1.807) is 6.92 Å². The van der Waals surface area contributed by atoms with Crippen molar-refractivity contribution in [2.75, 3.05) is 37.3 Å². The standard InChI is InChI=1S/C19H23N7O4S2/c1-4-32(27,28)24-10-5-11(10)26-18-16(17(20)21-8-22-18)23-19(26)31-15-7-14-13(29-9-30-14)6-12(15)25(2)3/h6-8,10-11,24H,4-5,9H2,1-3H3,(H2,20,21,22). The maximum atomic E-state index is 12.1. The molecular formula is C19H23N7O4S2. The number of nitrogens with one attached hydrogen (secondary N) is 1.